The number of anilines is 2. The number of amides is 2. The fraction of sp³-hybridized carbons (Fsp3) is 0.258. The zero-order valence-corrected chi connectivity index (χ0v) is 24.2. The van der Waals surface area contributed by atoms with E-state index in [1.54, 1.807) is 47.6 Å². The number of sulfone groups is 1. The second-order valence-corrected chi connectivity index (χ2v) is 12.3. The number of ether oxygens (including phenoxy) is 1. The van der Waals surface area contributed by atoms with Crippen molar-refractivity contribution in [2.45, 2.75) is 37.2 Å². The lowest BCUT2D eigenvalue weighted by molar-refractivity contribution is 0.199. The molecule has 1 aliphatic heterocycles. The fourth-order valence-corrected chi connectivity index (χ4v) is 5.51. The fourth-order valence-electron chi connectivity index (χ4n) is 4.88. The van der Waals surface area contributed by atoms with Gasteiger partial charge in [-0.1, -0.05) is 12.1 Å². The monoisotopic (exact) mass is 589 g/mol. The number of aryl methyl sites for hydroxylation is 1. The summed E-state index contributed by atoms with van der Waals surface area (Å²) in [6, 6.07) is 19.2. The quantitative estimate of drug-likeness (QED) is 0.276. The van der Waals surface area contributed by atoms with E-state index in [-0.39, 0.29) is 17.0 Å². The Kier molecular flexibility index (Phi) is 8.79. The molecule has 4 aromatic rings. The zero-order valence-electron chi connectivity index (χ0n) is 23.4. The minimum atomic E-state index is -3.27. The maximum Gasteiger partial charge on any atom is 0.326 e. The van der Waals surface area contributed by atoms with Crippen LogP contribution in [0.15, 0.2) is 90.1 Å². The molecule has 1 N–H and O–H groups in total. The number of piperidine rings is 1. The molecule has 0 saturated carbocycles. The summed E-state index contributed by atoms with van der Waals surface area (Å²) in [5.74, 6) is 0.498. The highest BCUT2D eigenvalue weighted by molar-refractivity contribution is 7.90. The van der Waals surface area contributed by atoms with E-state index in [1.165, 1.54) is 24.3 Å². The van der Waals surface area contributed by atoms with Crippen LogP contribution in [0.5, 0.6) is 11.6 Å². The van der Waals surface area contributed by atoms with E-state index in [9.17, 15) is 17.6 Å². The van der Waals surface area contributed by atoms with Gasteiger partial charge in [-0.25, -0.2) is 22.6 Å². The third kappa shape index (κ3) is 7.48. The van der Waals surface area contributed by atoms with Gasteiger partial charge in [0.15, 0.2) is 9.84 Å². The van der Waals surface area contributed by atoms with Crippen molar-refractivity contribution < 1.29 is 22.3 Å². The summed E-state index contributed by atoms with van der Waals surface area (Å²) >= 11 is 0. The molecule has 0 radical (unpaired) electrons. The van der Waals surface area contributed by atoms with Gasteiger partial charge < -0.3 is 10.1 Å². The Morgan fingerprint density at radius 2 is 1.79 bits per heavy atom. The predicted molar refractivity (Wildman–Crippen MR) is 159 cm³/mol. The van der Waals surface area contributed by atoms with Crippen molar-refractivity contribution in [1.29, 1.82) is 0 Å². The number of pyridine rings is 2. The number of carbonyl (C=O) groups is 1. The number of likely N-dealkylation sites (tertiary alicyclic amines) is 1. The molecule has 42 heavy (non-hydrogen) atoms. The average Bonchev–Trinajstić information content (AvgIpc) is 2.96. The Morgan fingerprint density at radius 1 is 1.02 bits per heavy atom. The molecule has 11 heteroatoms. The molecule has 0 spiro atoms. The molecule has 5 rings (SSSR count). The molecule has 1 aliphatic rings. The van der Waals surface area contributed by atoms with Crippen molar-refractivity contribution in [3.8, 4) is 11.6 Å². The van der Waals surface area contributed by atoms with Crippen LogP contribution in [0.1, 0.15) is 24.1 Å². The molecule has 3 heterocycles. The summed E-state index contributed by atoms with van der Waals surface area (Å²) < 4.78 is 42.8. The van der Waals surface area contributed by atoms with E-state index in [0.29, 0.717) is 29.5 Å². The highest BCUT2D eigenvalue weighted by atomic mass is 32.2. The third-order valence-electron chi connectivity index (χ3n) is 7.07. The molecule has 0 aliphatic carbocycles. The molecule has 2 aromatic heterocycles. The van der Waals surface area contributed by atoms with Crippen molar-refractivity contribution >= 4 is 27.2 Å². The van der Waals surface area contributed by atoms with Gasteiger partial charge in [-0.3, -0.25) is 14.8 Å². The van der Waals surface area contributed by atoms with Gasteiger partial charge in [0, 0.05) is 55.6 Å². The van der Waals surface area contributed by atoms with Crippen LogP contribution in [0.4, 0.5) is 20.6 Å². The van der Waals surface area contributed by atoms with Gasteiger partial charge in [0.2, 0.25) is 5.88 Å². The van der Waals surface area contributed by atoms with Crippen molar-refractivity contribution in [3.63, 3.8) is 0 Å². The first-order valence-corrected chi connectivity index (χ1v) is 15.5. The predicted octanol–water partition coefficient (Wildman–Crippen LogP) is 5.82. The summed E-state index contributed by atoms with van der Waals surface area (Å²) in [5.41, 5.74) is 2.97. The van der Waals surface area contributed by atoms with Gasteiger partial charge in [-0.15, -0.1) is 0 Å². The number of hydrogen-bond acceptors (Lipinski definition) is 7. The number of rotatable bonds is 8. The van der Waals surface area contributed by atoms with Crippen LogP contribution in [0.3, 0.4) is 0 Å². The molecule has 218 valence electrons. The van der Waals surface area contributed by atoms with Crippen LogP contribution < -0.4 is 15.0 Å². The number of urea groups is 1. The Morgan fingerprint density at radius 3 is 2.40 bits per heavy atom. The number of hydrogen-bond donors (Lipinski definition) is 1. The Labute approximate surface area is 244 Å². The number of aromatic nitrogens is 2. The van der Waals surface area contributed by atoms with E-state index in [0.717, 1.165) is 43.4 Å². The van der Waals surface area contributed by atoms with E-state index < -0.39 is 15.7 Å². The normalized spacial score (nSPS) is 14.4. The molecule has 2 aromatic carbocycles. The van der Waals surface area contributed by atoms with E-state index in [2.05, 4.69) is 20.2 Å². The standard InChI is InChI=1S/C31H32FN5O4S/c1-22-6-8-27(20-33-22)37(31(38)35-25-5-3-4-24(32)18-25)26-14-16-36(17-15-26)21-23-7-13-30(34-19-23)41-28-9-11-29(12-10-28)42(2,39)40/h3-13,18-20,26H,14-17,21H2,1-2H3,(H,35,38). The van der Waals surface area contributed by atoms with Crippen molar-refractivity contribution in [1.82, 2.24) is 14.9 Å². The first-order chi connectivity index (χ1) is 20.1. The molecule has 0 unspecified atom stereocenters. The minimum Gasteiger partial charge on any atom is -0.439 e. The maximum atomic E-state index is 13.7. The lowest BCUT2D eigenvalue weighted by Crippen LogP contribution is -2.49. The first-order valence-electron chi connectivity index (χ1n) is 13.6. The molecular weight excluding hydrogens is 557 g/mol. The summed E-state index contributed by atoms with van der Waals surface area (Å²) in [5, 5.41) is 2.83. The zero-order chi connectivity index (χ0) is 29.7. The maximum absolute atomic E-state index is 13.7. The first kappa shape index (κ1) is 29.2. The third-order valence-corrected chi connectivity index (χ3v) is 8.20. The summed E-state index contributed by atoms with van der Waals surface area (Å²) in [4.78, 5) is 26.5. The molecule has 2 amide bonds. The van der Waals surface area contributed by atoms with E-state index >= 15 is 0 Å². The van der Waals surface area contributed by atoms with Gasteiger partial charge in [-0.05, 0) is 79.9 Å². The molecule has 0 atom stereocenters. The Hall–Kier alpha value is -4.35. The summed E-state index contributed by atoms with van der Waals surface area (Å²) in [6.45, 7) is 4.15. The van der Waals surface area contributed by atoms with Gasteiger partial charge in [0.25, 0.3) is 0 Å². The van der Waals surface area contributed by atoms with Gasteiger partial charge >= 0.3 is 6.03 Å². The highest BCUT2D eigenvalue weighted by Gasteiger charge is 2.30. The second-order valence-electron chi connectivity index (χ2n) is 10.3. The summed E-state index contributed by atoms with van der Waals surface area (Å²) in [6.07, 6.45) is 6.13. The lowest BCUT2D eigenvalue weighted by Gasteiger charge is -2.38. The second kappa shape index (κ2) is 12.7. The van der Waals surface area contributed by atoms with Crippen molar-refractivity contribution in [2.24, 2.45) is 0 Å². The minimum absolute atomic E-state index is 0.0534. The highest BCUT2D eigenvalue weighted by Crippen LogP contribution is 2.26. The largest absolute Gasteiger partial charge is 0.439 e. The average molecular weight is 590 g/mol. The van der Waals surface area contributed by atoms with Gasteiger partial charge in [-0.2, -0.15) is 0 Å². The molecular formula is C31H32FN5O4S. The van der Waals surface area contributed by atoms with Crippen LogP contribution in [0, 0.1) is 12.7 Å². The Bertz CT molecular complexity index is 1620. The molecule has 1 fully saturated rings. The van der Waals surface area contributed by atoms with E-state index in [4.69, 9.17) is 4.74 Å². The topological polar surface area (TPSA) is 105 Å². The number of nitrogens with one attached hydrogen (secondary N) is 1. The smallest absolute Gasteiger partial charge is 0.326 e. The molecule has 1 saturated heterocycles. The van der Waals surface area contributed by atoms with Crippen LogP contribution >= 0.6 is 0 Å². The number of benzene rings is 2. The molecule has 9 nitrogen and oxygen atoms in total. The number of nitrogens with zero attached hydrogens (tertiary/aromatic N) is 4. The number of halogens is 1. The van der Waals surface area contributed by atoms with Crippen LogP contribution in [-0.2, 0) is 16.4 Å². The van der Waals surface area contributed by atoms with Crippen molar-refractivity contribution in [3.05, 3.63) is 102 Å². The Balaban J connectivity index is 1.19. The summed E-state index contributed by atoms with van der Waals surface area (Å²) in [7, 11) is -3.27. The van der Waals surface area contributed by atoms with Crippen LogP contribution in [0.25, 0.3) is 0 Å². The SMILES string of the molecule is Cc1ccc(N(C(=O)Nc2cccc(F)c2)C2CCN(Cc3ccc(Oc4ccc(S(C)(=O)=O)cc4)nc3)CC2)cn1. The van der Waals surface area contributed by atoms with Gasteiger partial charge in [0.1, 0.15) is 11.6 Å². The molecule has 0 bridgehead atoms. The van der Waals surface area contributed by atoms with Crippen LogP contribution in [-0.4, -0.2) is 54.7 Å². The van der Waals surface area contributed by atoms with E-state index in [1.807, 2.05) is 25.1 Å². The van der Waals surface area contributed by atoms with Crippen LogP contribution in [0.2, 0.25) is 0 Å². The lowest BCUT2D eigenvalue weighted by atomic mass is 10.0. The number of carbonyl (C=O) groups excluding carboxylic acids is 1. The van der Waals surface area contributed by atoms with Gasteiger partial charge in [0.05, 0.1) is 16.8 Å². The van der Waals surface area contributed by atoms with Crippen molar-refractivity contribution in [2.75, 3.05) is 29.6 Å².